The van der Waals surface area contributed by atoms with Crippen LogP contribution in [0, 0.1) is 13.8 Å². The summed E-state index contributed by atoms with van der Waals surface area (Å²) in [5, 5.41) is 10.2. The van der Waals surface area contributed by atoms with Crippen LogP contribution in [0.25, 0.3) is 0 Å². The van der Waals surface area contributed by atoms with Crippen LogP contribution in [0.2, 0.25) is 0 Å². The van der Waals surface area contributed by atoms with E-state index in [2.05, 4.69) is 43.9 Å². The molecule has 2 aromatic rings. The number of rotatable bonds is 3. The number of benzene rings is 2. The van der Waals surface area contributed by atoms with E-state index in [4.69, 9.17) is 0 Å². The van der Waals surface area contributed by atoms with Crippen LogP contribution in [0.5, 0.6) is 0 Å². The van der Waals surface area contributed by atoms with Crippen molar-refractivity contribution in [1.82, 2.24) is 4.90 Å². The lowest BCUT2D eigenvalue weighted by Gasteiger charge is -2.37. The molecule has 4 rings (SSSR count). The Bertz CT molecular complexity index is 862. The lowest BCUT2D eigenvalue weighted by molar-refractivity contribution is 0.0747. The smallest absolute Gasteiger partial charge is 0.253 e. The molecule has 2 heterocycles. The maximum atomic E-state index is 13.0. The molecular formula is C24H31N3O2. The van der Waals surface area contributed by atoms with E-state index in [1.807, 2.05) is 34.1 Å². The molecule has 0 aliphatic carbocycles. The van der Waals surface area contributed by atoms with Crippen LogP contribution in [0.15, 0.2) is 42.5 Å². The lowest BCUT2D eigenvalue weighted by Crippen LogP contribution is -2.49. The molecule has 5 nitrogen and oxygen atoms in total. The van der Waals surface area contributed by atoms with Crippen LogP contribution in [0.4, 0.5) is 11.4 Å². The van der Waals surface area contributed by atoms with Crippen molar-refractivity contribution in [2.75, 3.05) is 36.0 Å². The minimum absolute atomic E-state index is 0.0897. The fourth-order valence-electron chi connectivity index (χ4n) is 4.66. The monoisotopic (exact) mass is 393 g/mol. The summed E-state index contributed by atoms with van der Waals surface area (Å²) in [6.45, 7) is 9.57. The van der Waals surface area contributed by atoms with Gasteiger partial charge in [0.15, 0.2) is 0 Å². The number of aliphatic hydroxyl groups is 1. The Morgan fingerprint density at radius 3 is 2.24 bits per heavy atom. The highest BCUT2D eigenvalue weighted by molar-refractivity contribution is 5.94. The molecule has 5 heteroatoms. The number of carbonyl (C=O) groups excluding carboxylic acids is 1. The lowest BCUT2D eigenvalue weighted by atomic mass is 10.1. The first-order chi connectivity index (χ1) is 13.9. The molecule has 0 spiro atoms. The maximum absolute atomic E-state index is 13.0. The summed E-state index contributed by atoms with van der Waals surface area (Å²) in [5.74, 6) is 0.0897. The fourth-order valence-corrected chi connectivity index (χ4v) is 4.66. The highest BCUT2D eigenvalue weighted by Gasteiger charge is 2.29. The highest BCUT2D eigenvalue weighted by Crippen LogP contribution is 2.29. The van der Waals surface area contributed by atoms with Gasteiger partial charge in [-0.15, -0.1) is 0 Å². The number of hydrogen-bond acceptors (Lipinski definition) is 4. The van der Waals surface area contributed by atoms with Crippen molar-refractivity contribution >= 4 is 17.3 Å². The first-order valence-corrected chi connectivity index (χ1v) is 10.6. The predicted octanol–water partition coefficient (Wildman–Crippen LogP) is 3.57. The summed E-state index contributed by atoms with van der Waals surface area (Å²) < 4.78 is 0. The van der Waals surface area contributed by atoms with Gasteiger partial charge < -0.3 is 19.8 Å². The van der Waals surface area contributed by atoms with Crippen LogP contribution in [-0.2, 0) is 0 Å². The quantitative estimate of drug-likeness (QED) is 0.866. The summed E-state index contributed by atoms with van der Waals surface area (Å²) in [4.78, 5) is 19.3. The zero-order chi connectivity index (χ0) is 20.5. The molecule has 2 aromatic carbocycles. The van der Waals surface area contributed by atoms with Gasteiger partial charge in [-0.2, -0.15) is 0 Å². The summed E-state index contributed by atoms with van der Waals surface area (Å²) in [6, 6.07) is 14.6. The third-order valence-electron chi connectivity index (χ3n) is 6.31. The third-order valence-corrected chi connectivity index (χ3v) is 6.31. The van der Waals surface area contributed by atoms with Crippen molar-refractivity contribution in [3.63, 3.8) is 0 Å². The fraction of sp³-hybridized carbons (Fsp3) is 0.458. The second-order valence-corrected chi connectivity index (χ2v) is 8.43. The van der Waals surface area contributed by atoms with E-state index in [0.717, 1.165) is 50.3 Å². The van der Waals surface area contributed by atoms with E-state index in [-0.39, 0.29) is 5.91 Å². The van der Waals surface area contributed by atoms with Crippen molar-refractivity contribution < 1.29 is 9.90 Å². The van der Waals surface area contributed by atoms with Crippen LogP contribution >= 0.6 is 0 Å². The Morgan fingerprint density at radius 2 is 1.66 bits per heavy atom. The van der Waals surface area contributed by atoms with E-state index >= 15 is 0 Å². The summed E-state index contributed by atoms with van der Waals surface area (Å²) in [6.07, 6.45) is 1.36. The molecule has 1 N–H and O–H groups in total. The van der Waals surface area contributed by atoms with Crippen LogP contribution in [-0.4, -0.2) is 54.4 Å². The summed E-state index contributed by atoms with van der Waals surface area (Å²) >= 11 is 0. The Morgan fingerprint density at radius 1 is 0.966 bits per heavy atom. The Kier molecular flexibility index (Phi) is 5.50. The molecule has 2 atom stereocenters. The van der Waals surface area contributed by atoms with Crippen LogP contribution < -0.4 is 9.80 Å². The van der Waals surface area contributed by atoms with E-state index in [9.17, 15) is 9.90 Å². The zero-order valence-corrected chi connectivity index (χ0v) is 17.6. The second kappa shape index (κ2) is 8.07. The number of amides is 1. The van der Waals surface area contributed by atoms with Gasteiger partial charge in [0.25, 0.3) is 5.91 Å². The molecule has 0 aromatic heterocycles. The van der Waals surface area contributed by atoms with Crippen molar-refractivity contribution in [3.8, 4) is 0 Å². The molecule has 2 aliphatic rings. The van der Waals surface area contributed by atoms with Crippen molar-refractivity contribution in [1.29, 1.82) is 0 Å². The van der Waals surface area contributed by atoms with E-state index in [1.165, 1.54) is 16.8 Å². The van der Waals surface area contributed by atoms with Gasteiger partial charge in [0.1, 0.15) is 6.23 Å². The van der Waals surface area contributed by atoms with E-state index in [1.54, 1.807) is 0 Å². The van der Waals surface area contributed by atoms with Gasteiger partial charge in [-0.25, -0.2) is 0 Å². The molecule has 0 bridgehead atoms. The minimum atomic E-state index is -0.426. The molecule has 2 aliphatic heterocycles. The van der Waals surface area contributed by atoms with Gasteiger partial charge in [0.2, 0.25) is 0 Å². The van der Waals surface area contributed by atoms with Crippen LogP contribution in [0.3, 0.4) is 0 Å². The maximum Gasteiger partial charge on any atom is 0.253 e. The number of aryl methyl sites for hydroxylation is 2. The average molecular weight is 394 g/mol. The zero-order valence-electron chi connectivity index (χ0n) is 17.6. The molecular weight excluding hydrogens is 362 g/mol. The minimum Gasteiger partial charge on any atom is -0.374 e. The predicted molar refractivity (Wildman–Crippen MR) is 118 cm³/mol. The molecule has 2 unspecified atom stereocenters. The van der Waals surface area contributed by atoms with E-state index in [0.29, 0.717) is 6.04 Å². The first-order valence-electron chi connectivity index (χ1n) is 10.6. The van der Waals surface area contributed by atoms with Gasteiger partial charge in [0.05, 0.1) is 0 Å². The largest absolute Gasteiger partial charge is 0.374 e. The molecule has 2 saturated heterocycles. The van der Waals surface area contributed by atoms with Gasteiger partial charge in [-0.1, -0.05) is 17.7 Å². The topological polar surface area (TPSA) is 47.0 Å². The third kappa shape index (κ3) is 3.97. The summed E-state index contributed by atoms with van der Waals surface area (Å²) in [7, 11) is 0. The van der Waals surface area contributed by atoms with Crippen molar-refractivity contribution in [2.24, 2.45) is 0 Å². The Labute approximate surface area is 173 Å². The Hall–Kier alpha value is -2.53. The molecule has 0 radical (unpaired) electrons. The highest BCUT2D eigenvalue weighted by atomic mass is 16.3. The van der Waals surface area contributed by atoms with Gasteiger partial charge in [0, 0.05) is 49.2 Å². The average Bonchev–Trinajstić information content (AvgIpc) is 3.06. The number of hydrogen-bond donors (Lipinski definition) is 1. The number of nitrogens with zero attached hydrogens (tertiary/aromatic N) is 3. The number of carbonyl (C=O) groups is 1. The van der Waals surface area contributed by atoms with Gasteiger partial charge >= 0.3 is 0 Å². The van der Waals surface area contributed by atoms with Gasteiger partial charge in [-0.05, 0) is 69.5 Å². The molecule has 154 valence electrons. The SMILES string of the molecule is Cc1ccc(N2CCN(C(=O)c3ccc(N4C(C)CCC4O)cc3)CC2)c(C)c1. The standard InChI is InChI=1S/C24H31N3O2/c1-17-4-10-22(18(2)16-17)25-12-14-26(15-13-25)24(29)20-6-8-21(9-7-20)27-19(3)5-11-23(27)28/h4,6-10,16,19,23,28H,5,11-15H2,1-3H3. The first kappa shape index (κ1) is 19.8. The number of piperazine rings is 1. The second-order valence-electron chi connectivity index (χ2n) is 8.43. The van der Waals surface area contributed by atoms with Crippen LogP contribution in [0.1, 0.15) is 41.3 Å². The van der Waals surface area contributed by atoms with Gasteiger partial charge in [-0.3, -0.25) is 4.79 Å². The molecule has 2 fully saturated rings. The van der Waals surface area contributed by atoms with E-state index < -0.39 is 6.23 Å². The molecule has 0 saturated carbocycles. The molecule has 29 heavy (non-hydrogen) atoms. The normalized spacial score (nSPS) is 22.3. The number of aliphatic hydroxyl groups excluding tert-OH is 1. The number of anilines is 2. The van der Waals surface area contributed by atoms with Crippen molar-refractivity contribution in [2.45, 2.75) is 45.9 Å². The molecule has 1 amide bonds. The van der Waals surface area contributed by atoms with Crippen molar-refractivity contribution in [3.05, 3.63) is 59.2 Å². The Balaban J connectivity index is 1.39. The summed E-state index contributed by atoms with van der Waals surface area (Å²) in [5.41, 5.74) is 5.54.